The van der Waals surface area contributed by atoms with Gasteiger partial charge in [-0.2, -0.15) is 4.39 Å². The maximum absolute atomic E-state index is 15.4. The predicted octanol–water partition coefficient (Wildman–Crippen LogP) is 5.11. The summed E-state index contributed by atoms with van der Waals surface area (Å²) in [7, 11) is 0. The van der Waals surface area contributed by atoms with Crippen LogP contribution in [0.4, 0.5) is 4.39 Å². The Morgan fingerprint density at radius 3 is 1.91 bits per heavy atom. The maximum Gasteiger partial charge on any atom is 0.210 e. The van der Waals surface area contributed by atoms with Crippen LogP contribution in [-0.4, -0.2) is 29.9 Å². The molecule has 0 aliphatic carbocycles. The number of hydrogen-bond acceptors (Lipinski definition) is 5. The second kappa shape index (κ2) is 11.7. The summed E-state index contributed by atoms with van der Waals surface area (Å²) >= 11 is 0. The van der Waals surface area contributed by atoms with E-state index in [1.54, 1.807) is 6.07 Å². The molecule has 0 amide bonds. The van der Waals surface area contributed by atoms with Crippen LogP contribution in [0.3, 0.4) is 0 Å². The normalized spacial score (nSPS) is 12.3. The first-order valence-electron chi connectivity index (χ1n) is 11.0. The third-order valence-electron chi connectivity index (χ3n) is 4.79. The molecular weight excluding hydrogens is 421 g/mol. The van der Waals surface area contributed by atoms with Crippen molar-refractivity contribution in [2.45, 2.75) is 45.6 Å². The molecule has 3 rings (SSSR count). The van der Waals surface area contributed by atoms with Gasteiger partial charge in [-0.1, -0.05) is 60.7 Å². The number of rotatable bonds is 11. The van der Waals surface area contributed by atoms with E-state index in [0.29, 0.717) is 6.54 Å². The minimum Gasteiger partial charge on any atom is -0.488 e. The van der Waals surface area contributed by atoms with E-state index in [4.69, 9.17) is 14.2 Å². The van der Waals surface area contributed by atoms with Crippen LogP contribution in [0.1, 0.15) is 31.9 Å². The Kier molecular flexibility index (Phi) is 8.69. The lowest BCUT2D eigenvalue weighted by atomic mass is 10.1. The molecule has 0 radical (unpaired) electrons. The van der Waals surface area contributed by atoms with Gasteiger partial charge in [0.05, 0.1) is 0 Å². The maximum atomic E-state index is 15.4. The van der Waals surface area contributed by atoms with Crippen LogP contribution in [0.25, 0.3) is 0 Å². The first kappa shape index (κ1) is 24.6. The third-order valence-corrected chi connectivity index (χ3v) is 4.79. The Hall–Kier alpha value is -3.09. The van der Waals surface area contributed by atoms with E-state index in [1.807, 2.05) is 81.4 Å². The largest absolute Gasteiger partial charge is 0.488 e. The van der Waals surface area contributed by atoms with E-state index in [0.717, 1.165) is 11.1 Å². The van der Waals surface area contributed by atoms with Crippen molar-refractivity contribution in [2.75, 3.05) is 13.2 Å². The standard InChI is InChI=1S/C27H32FNO4/c1-27(2,3)29-16-22(30)19-32-23-14-15-24(31-17-20-10-6-4-7-11-20)26(25(23)28)33-18-21-12-8-5-9-13-21/h4-15,22,29-30H,16-19H2,1-3H3. The van der Waals surface area contributed by atoms with Crippen LogP contribution >= 0.6 is 0 Å². The summed E-state index contributed by atoms with van der Waals surface area (Å²) in [6, 6.07) is 22.3. The number of aliphatic hydroxyl groups excluding tert-OH is 1. The van der Waals surface area contributed by atoms with Crippen molar-refractivity contribution >= 4 is 0 Å². The van der Waals surface area contributed by atoms with Crippen molar-refractivity contribution in [3.63, 3.8) is 0 Å². The molecule has 0 saturated heterocycles. The molecule has 0 aromatic heterocycles. The number of nitrogens with one attached hydrogen (secondary N) is 1. The first-order valence-corrected chi connectivity index (χ1v) is 11.0. The van der Waals surface area contributed by atoms with Gasteiger partial charge in [-0.25, -0.2) is 0 Å². The highest BCUT2D eigenvalue weighted by atomic mass is 19.1. The fourth-order valence-electron chi connectivity index (χ4n) is 3.01. The van der Waals surface area contributed by atoms with E-state index >= 15 is 4.39 Å². The molecule has 5 nitrogen and oxygen atoms in total. The molecule has 6 heteroatoms. The highest BCUT2D eigenvalue weighted by molar-refractivity contribution is 5.47. The lowest BCUT2D eigenvalue weighted by Gasteiger charge is -2.23. The molecule has 0 aliphatic rings. The van der Waals surface area contributed by atoms with E-state index in [2.05, 4.69) is 5.32 Å². The van der Waals surface area contributed by atoms with E-state index in [9.17, 15) is 5.11 Å². The fourth-order valence-corrected chi connectivity index (χ4v) is 3.01. The van der Waals surface area contributed by atoms with Crippen LogP contribution in [0.5, 0.6) is 17.2 Å². The van der Waals surface area contributed by atoms with Crippen LogP contribution in [0.15, 0.2) is 72.8 Å². The molecule has 3 aromatic carbocycles. The van der Waals surface area contributed by atoms with Crippen molar-refractivity contribution in [1.29, 1.82) is 0 Å². The van der Waals surface area contributed by atoms with Gasteiger partial charge in [-0.05, 0) is 44.0 Å². The average Bonchev–Trinajstić information content (AvgIpc) is 2.81. The summed E-state index contributed by atoms with van der Waals surface area (Å²) < 4.78 is 32.6. The zero-order valence-electron chi connectivity index (χ0n) is 19.4. The monoisotopic (exact) mass is 453 g/mol. The number of aliphatic hydroxyl groups is 1. The van der Waals surface area contributed by atoms with Crippen molar-refractivity contribution in [2.24, 2.45) is 0 Å². The SMILES string of the molecule is CC(C)(C)NCC(O)COc1ccc(OCc2ccccc2)c(OCc2ccccc2)c1F. The molecule has 1 atom stereocenters. The van der Waals surface area contributed by atoms with Gasteiger partial charge in [0.25, 0.3) is 0 Å². The number of ether oxygens (including phenoxy) is 3. The molecule has 2 N–H and O–H groups in total. The van der Waals surface area contributed by atoms with Crippen LogP contribution < -0.4 is 19.5 Å². The molecule has 0 spiro atoms. The molecule has 0 fully saturated rings. The van der Waals surface area contributed by atoms with Crippen molar-refractivity contribution < 1.29 is 23.7 Å². The lowest BCUT2D eigenvalue weighted by Crippen LogP contribution is -2.42. The summed E-state index contributed by atoms with van der Waals surface area (Å²) in [6.07, 6.45) is -0.786. The molecule has 33 heavy (non-hydrogen) atoms. The summed E-state index contributed by atoms with van der Waals surface area (Å²) in [5, 5.41) is 13.4. The number of hydrogen-bond donors (Lipinski definition) is 2. The molecule has 176 valence electrons. The summed E-state index contributed by atoms with van der Waals surface area (Å²) in [5.74, 6) is -0.392. The smallest absolute Gasteiger partial charge is 0.210 e. The second-order valence-electron chi connectivity index (χ2n) is 8.85. The zero-order valence-corrected chi connectivity index (χ0v) is 19.4. The summed E-state index contributed by atoms with van der Waals surface area (Å²) in [4.78, 5) is 0. The zero-order chi connectivity index (χ0) is 23.7. The first-order chi connectivity index (χ1) is 15.8. The Morgan fingerprint density at radius 1 is 0.788 bits per heavy atom. The molecule has 1 unspecified atom stereocenters. The van der Waals surface area contributed by atoms with Gasteiger partial charge >= 0.3 is 0 Å². The minimum atomic E-state index is -0.786. The number of β-amino-alcohol motifs (C(OH)–C–C–N with tert-alkyl or cyclic N) is 1. The summed E-state index contributed by atoms with van der Waals surface area (Å²) in [6.45, 7) is 6.75. The molecule has 3 aromatic rings. The van der Waals surface area contributed by atoms with Gasteiger partial charge in [-0.3, -0.25) is 0 Å². The van der Waals surface area contributed by atoms with Gasteiger partial charge in [0.15, 0.2) is 11.5 Å². The topological polar surface area (TPSA) is 60.0 Å². The Labute approximate surface area is 195 Å². The second-order valence-corrected chi connectivity index (χ2v) is 8.85. The summed E-state index contributed by atoms with van der Waals surface area (Å²) in [5.41, 5.74) is 1.73. The fraction of sp³-hybridized carbons (Fsp3) is 0.333. The van der Waals surface area contributed by atoms with Gasteiger partial charge in [0.1, 0.15) is 25.9 Å². The quantitative estimate of drug-likeness (QED) is 0.422. The predicted molar refractivity (Wildman–Crippen MR) is 127 cm³/mol. The third kappa shape index (κ3) is 8.08. The van der Waals surface area contributed by atoms with Gasteiger partial charge in [-0.15, -0.1) is 0 Å². The Morgan fingerprint density at radius 2 is 1.33 bits per heavy atom. The number of benzene rings is 3. The van der Waals surface area contributed by atoms with Crippen LogP contribution in [0.2, 0.25) is 0 Å². The van der Waals surface area contributed by atoms with E-state index < -0.39 is 11.9 Å². The van der Waals surface area contributed by atoms with Crippen molar-refractivity contribution in [3.8, 4) is 17.2 Å². The van der Waals surface area contributed by atoms with Crippen molar-refractivity contribution in [3.05, 3.63) is 89.7 Å². The number of halogens is 1. The van der Waals surface area contributed by atoms with Crippen LogP contribution in [0, 0.1) is 5.82 Å². The average molecular weight is 454 g/mol. The van der Waals surface area contributed by atoms with E-state index in [1.165, 1.54) is 6.07 Å². The van der Waals surface area contributed by atoms with Crippen molar-refractivity contribution in [1.82, 2.24) is 5.32 Å². The van der Waals surface area contributed by atoms with E-state index in [-0.39, 0.29) is 42.6 Å². The van der Waals surface area contributed by atoms with Gasteiger partial charge in [0, 0.05) is 12.1 Å². The molecule has 0 bridgehead atoms. The molecule has 0 saturated carbocycles. The minimum absolute atomic E-state index is 0.0000635. The Balaban J connectivity index is 1.72. The van der Waals surface area contributed by atoms with Gasteiger partial charge < -0.3 is 24.6 Å². The lowest BCUT2D eigenvalue weighted by molar-refractivity contribution is 0.0973. The Bertz CT molecular complexity index is 990. The highest BCUT2D eigenvalue weighted by Crippen LogP contribution is 2.37. The highest BCUT2D eigenvalue weighted by Gasteiger charge is 2.19. The van der Waals surface area contributed by atoms with Crippen LogP contribution in [-0.2, 0) is 13.2 Å². The van der Waals surface area contributed by atoms with Gasteiger partial charge in [0.2, 0.25) is 11.6 Å². The molecule has 0 heterocycles. The molecular formula is C27H32FNO4. The molecule has 0 aliphatic heterocycles.